The van der Waals surface area contributed by atoms with Crippen molar-refractivity contribution in [2.24, 2.45) is 0 Å². The number of rotatable bonds is 2. The van der Waals surface area contributed by atoms with Crippen LogP contribution in [0.2, 0.25) is 0 Å². The van der Waals surface area contributed by atoms with Gasteiger partial charge in [-0.25, -0.2) is 0 Å². The van der Waals surface area contributed by atoms with Gasteiger partial charge in [0.1, 0.15) is 12.4 Å². The minimum absolute atomic E-state index is 0.211. The molecule has 1 heterocycles. The summed E-state index contributed by atoms with van der Waals surface area (Å²) in [5.74, 6) is 5.51. The maximum atomic E-state index is 11.9. The topological polar surface area (TPSA) is 75.4 Å². The van der Waals surface area contributed by atoms with Gasteiger partial charge in [-0.15, -0.1) is 0 Å². The van der Waals surface area contributed by atoms with E-state index in [1.165, 1.54) is 0 Å². The normalized spacial score (nSPS) is 9.58. The molecule has 0 aliphatic rings. The number of aliphatic hydroxyl groups is 1. The van der Waals surface area contributed by atoms with Gasteiger partial charge in [0.2, 0.25) is 0 Å². The minimum Gasteiger partial charge on any atom is -0.384 e. The number of nitrogens with one attached hydrogen (secondary N) is 1. The van der Waals surface area contributed by atoms with Crippen LogP contribution in [0.15, 0.2) is 34.9 Å². The molecule has 0 unspecified atom stereocenters. The summed E-state index contributed by atoms with van der Waals surface area (Å²) in [4.78, 5) is 11.9. The lowest BCUT2D eigenvalue weighted by atomic mass is 10.1. The van der Waals surface area contributed by atoms with Crippen molar-refractivity contribution in [1.82, 2.24) is 5.16 Å². The van der Waals surface area contributed by atoms with Crippen LogP contribution in [0, 0.1) is 18.8 Å². The molecule has 1 aromatic carbocycles. The number of benzene rings is 1. The summed E-state index contributed by atoms with van der Waals surface area (Å²) < 4.78 is 4.85. The number of carbonyl (C=O) groups excluding carboxylic acids is 1. The van der Waals surface area contributed by atoms with Crippen molar-refractivity contribution in [2.45, 2.75) is 6.92 Å². The zero-order valence-electron chi connectivity index (χ0n) is 10.3. The molecule has 5 nitrogen and oxygen atoms in total. The Bertz CT molecular complexity index is 650. The largest absolute Gasteiger partial charge is 0.384 e. The lowest BCUT2D eigenvalue weighted by Gasteiger charge is -2.05. The number of amides is 1. The lowest BCUT2D eigenvalue weighted by Crippen LogP contribution is -2.13. The number of aromatic nitrogens is 1. The Balaban J connectivity index is 2.21. The Labute approximate surface area is 110 Å². The van der Waals surface area contributed by atoms with E-state index in [9.17, 15) is 4.79 Å². The van der Waals surface area contributed by atoms with Gasteiger partial charge in [-0.3, -0.25) is 4.79 Å². The molecule has 2 rings (SSSR count). The van der Waals surface area contributed by atoms with Gasteiger partial charge in [0.15, 0.2) is 5.69 Å². The third-order valence-electron chi connectivity index (χ3n) is 2.34. The molecule has 2 N–H and O–H groups in total. The summed E-state index contributed by atoms with van der Waals surface area (Å²) in [6, 6.07) is 8.63. The van der Waals surface area contributed by atoms with E-state index in [-0.39, 0.29) is 18.2 Å². The number of para-hydroxylation sites is 1. The first-order valence-corrected chi connectivity index (χ1v) is 5.64. The quantitative estimate of drug-likeness (QED) is 0.800. The molecule has 19 heavy (non-hydrogen) atoms. The van der Waals surface area contributed by atoms with E-state index < -0.39 is 0 Å². The predicted octanol–water partition coefficient (Wildman–Crippen LogP) is 1.58. The average molecular weight is 256 g/mol. The Kier molecular flexibility index (Phi) is 3.96. The highest BCUT2D eigenvalue weighted by Gasteiger charge is 2.12. The minimum atomic E-state index is -0.366. The van der Waals surface area contributed by atoms with Crippen LogP contribution in [0.4, 0.5) is 5.69 Å². The SMILES string of the molecule is Cc1cc(C(=O)Nc2ccccc2C#CCO)no1. The van der Waals surface area contributed by atoms with Crippen molar-refractivity contribution in [2.75, 3.05) is 11.9 Å². The van der Waals surface area contributed by atoms with Crippen molar-refractivity contribution < 1.29 is 14.4 Å². The number of carbonyl (C=O) groups is 1. The molecule has 0 atom stereocenters. The summed E-state index contributed by atoms with van der Waals surface area (Å²) >= 11 is 0. The van der Waals surface area contributed by atoms with Gasteiger partial charge in [-0.2, -0.15) is 0 Å². The molecule has 1 amide bonds. The van der Waals surface area contributed by atoms with Gasteiger partial charge in [0, 0.05) is 11.6 Å². The van der Waals surface area contributed by atoms with Crippen LogP contribution in [0.3, 0.4) is 0 Å². The van der Waals surface area contributed by atoms with Crippen LogP contribution in [-0.2, 0) is 0 Å². The fourth-order valence-corrected chi connectivity index (χ4v) is 1.50. The van der Waals surface area contributed by atoms with Crippen LogP contribution in [0.5, 0.6) is 0 Å². The monoisotopic (exact) mass is 256 g/mol. The predicted molar refractivity (Wildman–Crippen MR) is 69.6 cm³/mol. The van der Waals surface area contributed by atoms with Crippen LogP contribution in [-0.4, -0.2) is 22.8 Å². The van der Waals surface area contributed by atoms with Gasteiger partial charge < -0.3 is 14.9 Å². The van der Waals surface area contributed by atoms with E-state index >= 15 is 0 Å². The first kappa shape index (κ1) is 12.9. The molecule has 0 aliphatic heterocycles. The van der Waals surface area contributed by atoms with Crippen molar-refractivity contribution in [1.29, 1.82) is 0 Å². The number of hydrogen-bond acceptors (Lipinski definition) is 4. The molecule has 0 fully saturated rings. The second-order valence-electron chi connectivity index (χ2n) is 3.78. The van der Waals surface area contributed by atoms with Crippen LogP contribution in [0.1, 0.15) is 21.8 Å². The fourth-order valence-electron chi connectivity index (χ4n) is 1.50. The third-order valence-corrected chi connectivity index (χ3v) is 2.34. The molecule has 0 bridgehead atoms. The maximum Gasteiger partial charge on any atom is 0.277 e. The number of aryl methyl sites for hydroxylation is 1. The summed E-state index contributed by atoms with van der Waals surface area (Å²) in [5, 5.41) is 15.0. The van der Waals surface area contributed by atoms with Crippen LogP contribution >= 0.6 is 0 Å². The highest BCUT2D eigenvalue weighted by molar-refractivity contribution is 6.03. The van der Waals surface area contributed by atoms with Crippen LogP contribution in [0.25, 0.3) is 0 Å². The number of hydrogen-bond donors (Lipinski definition) is 2. The van der Waals surface area contributed by atoms with Crippen LogP contribution < -0.4 is 5.32 Å². The molecule has 0 aliphatic carbocycles. The second kappa shape index (κ2) is 5.85. The fraction of sp³-hybridized carbons (Fsp3) is 0.143. The molecule has 5 heteroatoms. The van der Waals surface area contributed by atoms with Crippen molar-refractivity contribution in [3.05, 3.63) is 47.3 Å². The van der Waals surface area contributed by atoms with E-state index in [0.717, 1.165) is 0 Å². The third kappa shape index (κ3) is 3.21. The zero-order valence-corrected chi connectivity index (χ0v) is 10.3. The summed E-state index contributed by atoms with van der Waals surface area (Å²) in [6.45, 7) is 1.48. The second-order valence-corrected chi connectivity index (χ2v) is 3.78. The molecule has 0 spiro atoms. The smallest absolute Gasteiger partial charge is 0.277 e. The van der Waals surface area contributed by atoms with Gasteiger partial charge in [-0.1, -0.05) is 29.1 Å². The molecular formula is C14H12N2O3. The van der Waals surface area contributed by atoms with Crippen molar-refractivity contribution in [3.63, 3.8) is 0 Å². The highest BCUT2D eigenvalue weighted by atomic mass is 16.5. The van der Waals surface area contributed by atoms with E-state index in [1.807, 2.05) is 0 Å². The summed E-state index contributed by atoms with van der Waals surface area (Å²) in [6.07, 6.45) is 0. The summed E-state index contributed by atoms with van der Waals surface area (Å²) in [7, 11) is 0. The molecular weight excluding hydrogens is 244 g/mol. The lowest BCUT2D eigenvalue weighted by molar-refractivity contribution is 0.101. The maximum absolute atomic E-state index is 11.9. The zero-order chi connectivity index (χ0) is 13.7. The van der Waals surface area contributed by atoms with Crippen molar-refractivity contribution in [3.8, 4) is 11.8 Å². The summed E-state index contributed by atoms with van der Waals surface area (Å²) in [5.41, 5.74) is 1.40. The van der Waals surface area contributed by atoms with Gasteiger partial charge in [0.05, 0.1) is 5.69 Å². The Morgan fingerprint density at radius 3 is 2.95 bits per heavy atom. The van der Waals surface area contributed by atoms with E-state index in [1.54, 1.807) is 37.3 Å². The molecule has 0 saturated carbocycles. The number of anilines is 1. The van der Waals surface area contributed by atoms with E-state index in [4.69, 9.17) is 9.63 Å². The molecule has 1 aromatic heterocycles. The highest BCUT2D eigenvalue weighted by Crippen LogP contribution is 2.15. The Morgan fingerprint density at radius 2 is 2.26 bits per heavy atom. The van der Waals surface area contributed by atoms with E-state index in [2.05, 4.69) is 22.3 Å². The van der Waals surface area contributed by atoms with E-state index in [0.29, 0.717) is 17.0 Å². The van der Waals surface area contributed by atoms with Gasteiger partial charge in [0.25, 0.3) is 5.91 Å². The molecule has 2 aromatic rings. The number of aliphatic hydroxyl groups excluding tert-OH is 1. The molecule has 0 saturated heterocycles. The molecule has 96 valence electrons. The Morgan fingerprint density at radius 1 is 1.47 bits per heavy atom. The standard InChI is InChI=1S/C14H12N2O3/c1-10-9-13(16-19-10)14(18)15-12-7-3-2-5-11(12)6-4-8-17/h2-3,5,7,9,17H,8H2,1H3,(H,15,18). The van der Waals surface area contributed by atoms with Crippen molar-refractivity contribution >= 4 is 11.6 Å². The average Bonchev–Trinajstić information content (AvgIpc) is 2.84. The Hall–Kier alpha value is -2.58. The molecule has 0 radical (unpaired) electrons. The first-order valence-electron chi connectivity index (χ1n) is 5.64. The van der Waals surface area contributed by atoms with Gasteiger partial charge in [-0.05, 0) is 19.1 Å². The first-order chi connectivity index (χ1) is 9.20. The number of nitrogens with zero attached hydrogens (tertiary/aromatic N) is 1. The van der Waals surface area contributed by atoms with Gasteiger partial charge >= 0.3 is 0 Å².